The molecule has 1 fully saturated rings. The van der Waals surface area contributed by atoms with E-state index in [4.69, 9.17) is 0 Å². The van der Waals surface area contributed by atoms with Crippen LogP contribution in [0.3, 0.4) is 0 Å². The highest BCUT2D eigenvalue weighted by atomic mass is 16.2. The van der Waals surface area contributed by atoms with Gasteiger partial charge in [-0.3, -0.25) is 0 Å². The molecule has 1 rings (SSSR count). The van der Waals surface area contributed by atoms with Crippen molar-refractivity contribution in [3.63, 3.8) is 0 Å². The lowest BCUT2D eigenvalue weighted by molar-refractivity contribution is 0.210. The highest BCUT2D eigenvalue weighted by Crippen LogP contribution is 2.06. The fourth-order valence-corrected chi connectivity index (χ4v) is 1.05. The molecule has 0 bridgehead atoms. The van der Waals surface area contributed by atoms with Crippen molar-refractivity contribution < 1.29 is 4.79 Å². The molecular weight excluding hydrogens is 116 g/mol. The van der Waals surface area contributed by atoms with Crippen LogP contribution >= 0.6 is 0 Å². The van der Waals surface area contributed by atoms with Gasteiger partial charge in [0.25, 0.3) is 0 Å². The smallest absolute Gasteiger partial charge is 0.323 e. The predicted octanol–water partition coefficient (Wildman–Crippen LogP) is 0.436. The molecule has 9 heavy (non-hydrogen) atoms. The van der Waals surface area contributed by atoms with E-state index >= 15 is 0 Å². The Labute approximate surface area is 55.0 Å². The standard InChI is InChI=1S/C6H11N2O/c1-7-6(9)8-4-2-3-5-8/h2-5H2,1H3. The zero-order valence-electron chi connectivity index (χ0n) is 5.63. The molecule has 0 spiro atoms. The maximum Gasteiger partial charge on any atom is 0.338 e. The first-order chi connectivity index (χ1) is 4.34. The number of rotatable bonds is 0. The van der Waals surface area contributed by atoms with Gasteiger partial charge in [0, 0.05) is 20.1 Å². The fourth-order valence-electron chi connectivity index (χ4n) is 1.05. The van der Waals surface area contributed by atoms with Gasteiger partial charge in [-0.2, -0.15) is 0 Å². The molecule has 1 aliphatic heterocycles. The minimum atomic E-state index is -0.0625. The van der Waals surface area contributed by atoms with Gasteiger partial charge in [-0.05, 0) is 12.8 Å². The van der Waals surface area contributed by atoms with E-state index in [2.05, 4.69) is 5.32 Å². The third-order valence-corrected chi connectivity index (χ3v) is 1.57. The Morgan fingerprint density at radius 3 is 2.44 bits per heavy atom. The Kier molecular flexibility index (Phi) is 1.92. The van der Waals surface area contributed by atoms with Crippen molar-refractivity contribution in [1.82, 2.24) is 10.2 Å². The first-order valence-electron chi connectivity index (χ1n) is 3.23. The van der Waals surface area contributed by atoms with Crippen LogP contribution in [0.15, 0.2) is 0 Å². The van der Waals surface area contributed by atoms with Crippen LogP contribution in [0.4, 0.5) is 4.79 Å². The summed E-state index contributed by atoms with van der Waals surface area (Å²) >= 11 is 0. The van der Waals surface area contributed by atoms with Crippen molar-refractivity contribution in [3.8, 4) is 0 Å². The number of likely N-dealkylation sites (tertiary alicyclic amines) is 1. The largest absolute Gasteiger partial charge is 0.338 e. The lowest BCUT2D eigenvalue weighted by atomic mass is 10.4. The number of carbonyl (C=O) groups excluding carboxylic acids is 1. The van der Waals surface area contributed by atoms with Crippen LogP contribution in [0.5, 0.6) is 0 Å². The van der Waals surface area contributed by atoms with Gasteiger partial charge in [0.15, 0.2) is 0 Å². The van der Waals surface area contributed by atoms with Crippen LogP contribution < -0.4 is 5.32 Å². The van der Waals surface area contributed by atoms with E-state index in [1.54, 1.807) is 11.9 Å². The second-order valence-electron chi connectivity index (χ2n) is 2.20. The van der Waals surface area contributed by atoms with Gasteiger partial charge in [0.05, 0.1) is 0 Å². The molecule has 1 saturated heterocycles. The quantitative estimate of drug-likeness (QED) is 0.465. The second-order valence-corrected chi connectivity index (χ2v) is 2.20. The minimum Gasteiger partial charge on any atom is -0.323 e. The van der Waals surface area contributed by atoms with E-state index in [-0.39, 0.29) is 6.03 Å². The van der Waals surface area contributed by atoms with Gasteiger partial charge in [0.2, 0.25) is 0 Å². The highest BCUT2D eigenvalue weighted by molar-refractivity contribution is 5.73. The summed E-state index contributed by atoms with van der Waals surface area (Å²) in [6, 6.07) is -0.0625. The maximum absolute atomic E-state index is 10.8. The number of nitrogens with zero attached hydrogens (tertiary/aromatic N) is 2. The van der Waals surface area contributed by atoms with Crippen LogP contribution in [-0.2, 0) is 0 Å². The molecule has 0 aromatic carbocycles. The molecule has 0 aromatic rings. The summed E-state index contributed by atoms with van der Waals surface area (Å²) < 4.78 is 0. The molecule has 0 atom stereocenters. The van der Waals surface area contributed by atoms with Crippen LogP contribution in [0.1, 0.15) is 12.8 Å². The second kappa shape index (κ2) is 2.71. The Morgan fingerprint density at radius 2 is 2.00 bits per heavy atom. The summed E-state index contributed by atoms with van der Waals surface area (Å²) in [6.07, 6.45) is 2.28. The molecule has 1 radical (unpaired) electrons. The van der Waals surface area contributed by atoms with E-state index in [0.29, 0.717) is 0 Å². The molecule has 3 nitrogen and oxygen atoms in total. The van der Waals surface area contributed by atoms with Crippen LogP contribution in [-0.4, -0.2) is 31.1 Å². The molecule has 0 aromatic heterocycles. The van der Waals surface area contributed by atoms with Gasteiger partial charge in [-0.25, -0.2) is 10.1 Å². The van der Waals surface area contributed by atoms with Crippen LogP contribution in [0.2, 0.25) is 0 Å². The average Bonchev–Trinajstić information content (AvgIpc) is 2.37. The summed E-state index contributed by atoms with van der Waals surface area (Å²) in [5.41, 5.74) is 0. The van der Waals surface area contributed by atoms with E-state index in [1.165, 1.54) is 0 Å². The molecule has 0 unspecified atom stereocenters. The fraction of sp³-hybridized carbons (Fsp3) is 0.833. The Hall–Kier alpha value is -0.730. The summed E-state index contributed by atoms with van der Waals surface area (Å²) in [7, 11) is 1.54. The zero-order chi connectivity index (χ0) is 6.69. The van der Waals surface area contributed by atoms with Gasteiger partial charge in [-0.15, -0.1) is 0 Å². The van der Waals surface area contributed by atoms with E-state index < -0.39 is 0 Å². The zero-order valence-corrected chi connectivity index (χ0v) is 5.63. The monoisotopic (exact) mass is 127 g/mol. The lowest BCUT2D eigenvalue weighted by Crippen LogP contribution is -2.31. The summed E-state index contributed by atoms with van der Waals surface area (Å²) in [5, 5.41) is 3.56. The molecule has 0 N–H and O–H groups in total. The van der Waals surface area contributed by atoms with Crippen molar-refractivity contribution in [2.24, 2.45) is 0 Å². The normalized spacial score (nSPS) is 18.1. The summed E-state index contributed by atoms with van der Waals surface area (Å²) in [4.78, 5) is 12.6. The van der Waals surface area contributed by atoms with Gasteiger partial charge >= 0.3 is 6.03 Å². The molecule has 0 saturated carbocycles. The van der Waals surface area contributed by atoms with Crippen molar-refractivity contribution >= 4 is 6.03 Å². The van der Waals surface area contributed by atoms with E-state index in [0.717, 1.165) is 25.9 Å². The molecule has 2 amide bonds. The lowest BCUT2D eigenvalue weighted by Gasteiger charge is -2.11. The number of amides is 2. The van der Waals surface area contributed by atoms with E-state index in [1.807, 2.05) is 0 Å². The van der Waals surface area contributed by atoms with Gasteiger partial charge in [0.1, 0.15) is 0 Å². The summed E-state index contributed by atoms with van der Waals surface area (Å²) in [6.45, 7) is 1.80. The first-order valence-corrected chi connectivity index (χ1v) is 3.23. The minimum absolute atomic E-state index is 0.0625. The maximum atomic E-state index is 10.8. The number of carbonyl (C=O) groups is 1. The first kappa shape index (κ1) is 6.39. The van der Waals surface area contributed by atoms with Gasteiger partial charge in [-0.1, -0.05) is 0 Å². The average molecular weight is 127 g/mol. The third kappa shape index (κ3) is 1.34. The number of hydrogen-bond acceptors (Lipinski definition) is 1. The topological polar surface area (TPSA) is 34.4 Å². The predicted molar refractivity (Wildman–Crippen MR) is 34.3 cm³/mol. The molecule has 0 aliphatic carbocycles. The third-order valence-electron chi connectivity index (χ3n) is 1.57. The van der Waals surface area contributed by atoms with Gasteiger partial charge < -0.3 is 4.90 Å². The molecule has 3 heteroatoms. The Balaban J connectivity index is 2.32. The highest BCUT2D eigenvalue weighted by Gasteiger charge is 2.16. The number of urea groups is 1. The molecule has 51 valence electrons. The molecule has 1 heterocycles. The van der Waals surface area contributed by atoms with Crippen molar-refractivity contribution in [2.45, 2.75) is 12.8 Å². The summed E-state index contributed by atoms with van der Waals surface area (Å²) in [5.74, 6) is 0. The molecular formula is C6H11N2O. The van der Waals surface area contributed by atoms with Crippen LogP contribution in [0.25, 0.3) is 0 Å². The van der Waals surface area contributed by atoms with Crippen LogP contribution in [0, 0.1) is 0 Å². The molecule has 1 aliphatic rings. The SMILES string of the molecule is C[N]C(=O)N1CCCC1. The Bertz CT molecular complexity index is 108. The van der Waals surface area contributed by atoms with Crippen molar-refractivity contribution in [3.05, 3.63) is 0 Å². The van der Waals surface area contributed by atoms with Crippen molar-refractivity contribution in [1.29, 1.82) is 0 Å². The van der Waals surface area contributed by atoms with Crippen molar-refractivity contribution in [2.75, 3.05) is 20.1 Å². The number of hydrogen-bond donors (Lipinski definition) is 0. The van der Waals surface area contributed by atoms with E-state index in [9.17, 15) is 4.79 Å². The Morgan fingerprint density at radius 1 is 1.44 bits per heavy atom.